The van der Waals surface area contributed by atoms with Gasteiger partial charge in [0.05, 0.1) is 6.04 Å². The van der Waals surface area contributed by atoms with Gasteiger partial charge in [-0.3, -0.25) is 4.90 Å². The Labute approximate surface area is 128 Å². The molecule has 1 atom stereocenters. The van der Waals surface area contributed by atoms with Gasteiger partial charge in [-0.25, -0.2) is 0 Å². The van der Waals surface area contributed by atoms with Gasteiger partial charge in [0.1, 0.15) is 0 Å². The van der Waals surface area contributed by atoms with Crippen molar-refractivity contribution in [3.8, 4) is 0 Å². The molecule has 1 aliphatic heterocycles. The zero-order chi connectivity index (χ0) is 14.7. The highest BCUT2D eigenvalue weighted by Gasteiger charge is 2.25. The van der Waals surface area contributed by atoms with Gasteiger partial charge in [0, 0.05) is 30.2 Å². The lowest BCUT2D eigenvalue weighted by Crippen LogP contribution is -2.33. The maximum absolute atomic E-state index is 5.69. The van der Waals surface area contributed by atoms with Crippen LogP contribution in [0.2, 0.25) is 0 Å². The van der Waals surface area contributed by atoms with Crippen molar-refractivity contribution in [2.75, 3.05) is 30.8 Å². The smallest absolute Gasteiger partial charge is 0.227 e. The first-order chi connectivity index (χ1) is 10.2. The van der Waals surface area contributed by atoms with Crippen molar-refractivity contribution in [1.82, 2.24) is 15.0 Å². The average Bonchev–Trinajstić information content (AvgIpc) is 2.96. The van der Waals surface area contributed by atoms with Crippen LogP contribution in [0, 0.1) is 0 Å². The Hall–Kier alpha value is -1.53. The van der Waals surface area contributed by atoms with E-state index in [0.29, 0.717) is 5.89 Å². The predicted octanol–water partition coefficient (Wildman–Crippen LogP) is 2.16. The molecule has 112 valence electrons. The molecule has 0 saturated carbocycles. The molecule has 1 saturated heterocycles. The van der Waals surface area contributed by atoms with E-state index in [4.69, 9.17) is 10.3 Å². The van der Waals surface area contributed by atoms with E-state index in [9.17, 15) is 0 Å². The van der Waals surface area contributed by atoms with Crippen LogP contribution in [0.5, 0.6) is 0 Å². The zero-order valence-corrected chi connectivity index (χ0v) is 13.0. The van der Waals surface area contributed by atoms with Crippen LogP contribution in [0.4, 0.5) is 5.69 Å². The second kappa shape index (κ2) is 6.49. The Morgan fingerprint density at radius 2 is 2.14 bits per heavy atom. The fourth-order valence-corrected chi connectivity index (χ4v) is 3.61. The van der Waals surface area contributed by atoms with Gasteiger partial charge in [-0.1, -0.05) is 17.3 Å². The first kappa shape index (κ1) is 14.4. The first-order valence-electron chi connectivity index (χ1n) is 7.17. The van der Waals surface area contributed by atoms with E-state index in [2.05, 4.69) is 22.1 Å². The minimum absolute atomic E-state index is 0.276. The highest BCUT2D eigenvalue weighted by atomic mass is 32.2. The van der Waals surface area contributed by atoms with Crippen molar-refractivity contribution >= 4 is 17.4 Å². The molecule has 1 aromatic carbocycles. The number of nitrogens with two attached hydrogens (primary N) is 1. The summed E-state index contributed by atoms with van der Waals surface area (Å²) in [7, 11) is 2.12. The molecule has 0 radical (unpaired) electrons. The Balaban J connectivity index is 1.61. The number of anilines is 1. The van der Waals surface area contributed by atoms with E-state index in [0.717, 1.165) is 36.7 Å². The summed E-state index contributed by atoms with van der Waals surface area (Å²) < 4.78 is 5.39. The molecule has 3 rings (SSSR count). The summed E-state index contributed by atoms with van der Waals surface area (Å²) in [5, 5.41) is 4.16. The van der Waals surface area contributed by atoms with Gasteiger partial charge < -0.3 is 10.3 Å². The van der Waals surface area contributed by atoms with Crippen LogP contribution in [-0.2, 0) is 12.8 Å². The summed E-state index contributed by atoms with van der Waals surface area (Å²) in [6, 6.07) is 8.19. The number of aromatic nitrogens is 2. The number of benzene rings is 1. The van der Waals surface area contributed by atoms with Crippen LogP contribution in [0.3, 0.4) is 0 Å². The first-order valence-corrected chi connectivity index (χ1v) is 8.33. The van der Waals surface area contributed by atoms with E-state index in [1.807, 2.05) is 36.0 Å². The van der Waals surface area contributed by atoms with Crippen molar-refractivity contribution < 1.29 is 4.52 Å². The van der Waals surface area contributed by atoms with Crippen molar-refractivity contribution in [3.05, 3.63) is 41.5 Å². The Kier molecular flexibility index (Phi) is 4.45. The van der Waals surface area contributed by atoms with E-state index in [1.54, 1.807) is 0 Å². The molecule has 0 aliphatic carbocycles. The Morgan fingerprint density at radius 1 is 1.33 bits per heavy atom. The van der Waals surface area contributed by atoms with Crippen molar-refractivity contribution in [1.29, 1.82) is 0 Å². The van der Waals surface area contributed by atoms with Crippen LogP contribution in [0.1, 0.15) is 23.3 Å². The number of rotatable bonds is 4. The lowest BCUT2D eigenvalue weighted by Gasteiger charge is -2.29. The SMILES string of the molecule is CN1CCSCC1c1noc(CCc2ccc(N)cc2)n1. The maximum atomic E-state index is 5.69. The third-order valence-corrected chi connectivity index (χ3v) is 4.81. The number of hydrogen-bond donors (Lipinski definition) is 1. The highest BCUT2D eigenvalue weighted by Crippen LogP contribution is 2.26. The molecule has 21 heavy (non-hydrogen) atoms. The number of hydrogen-bond acceptors (Lipinski definition) is 6. The van der Waals surface area contributed by atoms with E-state index >= 15 is 0 Å². The average molecular weight is 304 g/mol. The molecule has 1 fully saturated rings. The van der Waals surface area contributed by atoms with Crippen LogP contribution in [-0.4, -0.2) is 40.1 Å². The van der Waals surface area contributed by atoms with E-state index < -0.39 is 0 Å². The van der Waals surface area contributed by atoms with Gasteiger partial charge in [-0.2, -0.15) is 16.7 Å². The largest absolute Gasteiger partial charge is 0.399 e. The molecule has 2 N–H and O–H groups in total. The molecule has 0 spiro atoms. The topological polar surface area (TPSA) is 68.2 Å². The number of nitrogens with zero attached hydrogens (tertiary/aromatic N) is 3. The summed E-state index contributed by atoms with van der Waals surface area (Å²) in [6.45, 7) is 1.07. The van der Waals surface area contributed by atoms with E-state index in [-0.39, 0.29) is 6.04 Å². The normalized spacial score (nSPS) is 19.8. The zero-order valence-electron chi connectivity index (χ0n) is 12.2. The molecule has 2 heterocycles. The maximum Gasteiger partial charge on any atom is 0.227 e. The quantitative estimate of drug-likeness (QED) is 0.873. The van der Waals surface area contributed by atoms with Crippen molar-refractivity contribution in [2.24, 2.45) is 0 Å². The molecule has 0 amide bonds. The third-order valence-electron chi connectivity index (χ3n) is 3.79. The molecule has 1 unspecified atom stereocenters. The summed E-state index contributed by atoms with van der Waals surface area (Å²) in [5.74, 6) is 3.74. The standard InChI is InChI=1S/C15H20N4OS/c1-19-8-9-21-10-13(19)15-17-14(20-18-15)7-4-11-2-5-12(16)6-3-11/h2-3,5-6,13H,4,7-10,16H2,1H3. The van der Waals surface area contributed by atoms with Gasteiger partial charge >= 0.3 is 0 Å². The lowest BCUT2D eigenvalue weighted by atomic mass is 10.1. The molecule has 1 aromatic heterocycles. The molecular formula is C15H20N4OS. The number of aryl methyl sites for hydroxylation is 2. The molecular weight excluding hydrogens is 284 g/mol. The Bertz CT molecular complexity index is 584. The lowest BCUT2D eigenvalue weighted by molar-refractivity contribution is 0.256. The van der Waals surface area contributed by atoms with Crippen LogP contribution < -0.4 is 5.73 Å². The fourth-order valence-electron chi connectivity index (χ4n) is 2.40. The number of nitrogen functional groups attached to an aromatic ring is 1. The monoisotopic (exact) mass is 304 g/mol. The second-order valence-electron chi connectivity index (χ2n) is 5.36. The second-order valence-corrected chi connectivity index (χ2v) is 6.51. The summed E-state index contributed by atoms with van der Waals surface area (Å²) in [4.78, 5) is 6.86. The van der Waals surface area contributed by atoms with Gasteiger partial charge in [-0.05, 0) is 31.2 Å². The molecule has 5 nitrogen and oxygen atoms in total. The van der Waals surface area contributed by atoms with Crippen LogP contribution >= 0.6 is 11.8 Å². The van der Waals surface area contributed by atoms with Crippen LogP contribution in [0.15, 0.2) is 28.8 Å². The molecule has 0 bridgehead atoms. The van der Waals surface area contributed by atoms with Crippen molar-refractivity contribution in [3.63, 3.8) is 0 Å². The highest BCUT2D eigenvalue weighted by molar-refractivity contribution is 7.99. The summed E-state index contributed by atoms with van der Waals surface area (Å²) in [5.41, 5.74) is 7.70. The third kappa shape index (κ3) is 3.57. The summed E-state index contributed by atoms with van der Waals surface area (Å²) >= 11 is 1.95. The fraction of sp³-hybridized carbons (Fsp3) is 0.467. The van der Waals surface area contributed by atoms with Gasteiger partial charge in [0.2, 0.25) is 5.89 Å². The minimum Gasteiger partial charge on any atom is -0.399 e. The van der Waals surface area contributed by atoms with Gasteiger partial charge in [0.15, 0.2) is 5.82 Å². The van der Waals surface area contributed by atoms with Crippen LogP contribution in [0.25, 0.3) is 0 Å². The van der Waals surface area contributed by atoms with Gasteiger partial charge in [0.25, 0.3) is 0 Å². The molecule has 2 aromatic rings. The molecule has 1 aliphatic rings. The molecule has 6 heteroatoms. The Morgan fingerprint density at radius 3 is 2.90 bits per heavy atom. The van der Waals surface area contributed by atoms with Gasteiger partial charge in [-0.15, -0.1) is 0 Å². The predicted molar refractivity (Wildman–Crippen MR) is 85.3 cm³/mol. The van der Waals surface area contributed by atoms with Crippen molar-refractivity contribution in [2.45, 2.75) is 18.9 Å². The minimum atomic E-state index is 0.276. The summed E-state index contributed by atoms with van der Waals surface area (Å²) in [6.07, 6.45) is 1.65. The number of thioether (sulfide) groups is 1. The van der Waals surface area contributed by atoms with E-state index in [1.165, 1.54) is 11.3 Å².